The van der Waals surface area contributed by atoms with Gasteiger partial charge in [-0.3, -0.25) is 9.59 Å². The van der Waals surface area contributed by atoms with E-state index in [1.54, 1.807) is 0 Å². The minimum absolute atomic E-state index is 0.0876. The number of hydrogen-bond donors (Lipinski definition) is 2. The van der Waals surface area contributed by atoms with E-state index in [1.807, 2.05) is 19.9 Å². The van der Waals surface area contributed by atoms with Crippen molar-refractivity contribution in [1.82, 2.24) is 10.3 Å². The molecule has 1 saturated carbocycles. The molecule has 4 nitrogen and oxygen atoms in total. The van der Waals surface area contributed by atoms with Gasteiger partial charge in [-0.2, -0.15) is 0 Å². The number of aromatic amines is 1. The SMILES string of the molecule is Cc1cc(C)c2[nH]c(=O)c(CNC(=O)C3CCCCC3)cc2c1. The van der Waals surface area contributed by atoms with E-state index in [2.05, 4.69) is 22.4 Å². The summed E-state index contributed by atoms with van der Waals surface area (Å²) in [7, 11) is 0. The molecule has 1 fully saturated rings. The summed E-state index contributed by atoms with van der Waals surface area (Å²) in [5.74, 6) is 0.206. The number of carbonyl (C=O) groups is 1. The number of amides is 1. The number of carbonyl (C=O) groups excluding carboxylic acids is 1. The molecule has 0 unspecified atom stereocenters. The van der Waals surface area contributed by atoms with Gasteiger partial charge in [0.05, 0.1) is 5.52 Å². The van der Waals surface area contributed by atoms with Gasteiger partial charge in [0, 0.05) is 18.0 Å². The normalized spacial score (nSPS) is 15.7. The molecule has 0 saturated heterocycles. The van der Waals surface area contributed by atoms with E-state index in [0.29, 0.717) is 12.1 Å². The van der Waals surface area contributed by atoms with E-state index in [4.69, 9.17) is 0 Å². The van der Waals surface area contributed by atoms with Gasteiger partial charge in [-0.1, -0.05) is 30.9 Å². The molecule has 1 heterocycles. The lowest BCUT2D eigenvalue weighted by molar-refractivity contribution is -0.126. The Morgan fingerprint density at radius 3 is 2.65 bits per heavy atom. The molecule has 2 N–H and O–H groups in total. The Labute approximate surface area is 136 Å². The molecular formula is C19H24N2O2. The van der Waals surface area contributed by atoms with Gasteiger partial charge in [0.25, 0.3) is 5.56 Å². The fraction of sp³-hybridized carbons (Fsp3) is 0.474. The highest BCUT2D eigenvalue weighted by Gasteiger charge is 2.20. The van der Waals surface area contributed by atoms with Gasteiger partial charge in [0.1, 0.15) is 0 Å². The summed E-state index contributed by atoms with van der Waals surface area (Å²) in [6.45, 7) is 4.34. The van der Waals surface area contributed by atoms with Crippen molar-refractivity contribution in [2.24, 2.45) is 5.92 Å². The number of fused-ring (bicyclic) bond motifs is 1. The molecule has 0 atom stereocenters. The molecule has 2 aromatic rings. The monoisotopic (exact) mass is 312 g/mol. The van der Waals surface area contributed by atoms with E-state index < -0.39 is 0 Å². The van der Waals surface area contributed by atoms with Crippen LogP contribution in [-0.2, 0) is 11.3 Å². The highest BCUT2D eigenvalue weighted by Crippen LogP contribution is 2.23. The first-order valence-electron chi connectivity index (χ1n) is 8.45. The van der Waals surface area contributed by atoms with Crippen LogP contribution in [0.1, 0.15) is 48.8 Å². The lowest BCUT2D eigenvalue weighted by Crippen LogP contribution is -2.33. The number of benzene rings is 1. The summed E-state index contributed by atoms with van der Waals surface area (Å²) >= 11 is 0. The van der Waals surface area contributed by atoms with Gasteiger partial charge in [0.15, 0.2) is 0 Å². The van der Waals surface area contributed by atoms with Crippen LogP contribution in [-0.4, -0.2) is 10.9 Å². The first-order valence-corrected chi connectivity index (χ1v) is 8.45. The van der Waals surface area contributed by atoms with Crippen molar-refractivity contribution < 1.29 is 4.79 Å². The standard InChI is InChI=1S/C19H24N2O2/c1-12-8-13(2)17-15(9-12)10-16(19(23)21-17)11-20-18(22)14-6-4-3-5-7-14/h8-10,14H,3-7,11H2,1-2H3,(H,20,22)(H,21,23). The van der Waals surface area contributed by atoms with Crippen LogP contribution >= 0.6 is 0 Å². The zero-order chi connectivity index (χ0) is 16.4. The summed E-state index contributed by atoms with van der Waals surface area (Å²) in [4.78, 5) is 27.4. The van der Waals surface area contributed by atoms with E-state index in [-0.39, 0.29) is 17.4 Å². The number of rotatable bonds is 3. The number of hydrogen-bond acceptors (Lipinski definition) is 2. The minimum Gasteiger partial charge on any atom is -0.352 e. The Kier molecular flexibility index (Phi) is 4.51. The number of nitrogens with one attached hydrogen (secondary N) is 2. The quantitative estimate of drug-likeness (QED) is 0.913. The van der Waals surface area contributed by atoms with Crippen LogP contribution in [0.5, 0.6) is 0 Å². The van der Waals surface area contributed by atoms with Gasteiger partial charge in [0.2, 0.25) is 5.91 Å². The maximum absolute atomic E-state index is 12.3. The van der Waals surface area contributed by atoms with Crippen LogP contribution in [0.4, 0.5) is 0 Å². The third-order valence-electron chi connectivity index (χ3n) is 4.80. The molecule has 4 heteroatoms. The van der Waals surface area contributed by atoms with Crippen molar-refractivity contribution in [1.29, 1.82) is 0 Å². The lowest BCUT2D eigenvalue weighted by Gasteiger charge is -2.20. The fourth-order valence-electron chi connectivity index (χ4n) is 3.55. The molecule has 1 aliphatic carbocycles. The van der Waals surface area contributed by atoms with Crippen LogP contribution in [0.15, 0.2) is 23.0 Å². The molecule has 0 radical (unpaired) electrons. The highest BCUT2D eigenvalue weighted by molar-refractivity contribution is 5.83. The Morgan fingerprint density at radius 2 is 1.91 bits per heavy atom. The first-order chi connectivity index (χ1) is 11.0. The number of aryl methyl sites for hydroxylation is 2. The second-order valence-corrected chi connectivity index (χ2v) is 6.72. The second-order valence-electron chi connectivity index (χ2n) is 6.72. The predicted octanol–water partition coefficient (Wildman–Crippen LogP) is 3.34. The molecule has 0 spiro atoms. The van der Waals surface area contributed by atoms with Crippen LogP contribution in [0.25, 0.3) is 10.9 Å². The number of H-pyrrole nitrogens is 1. The van der Waals surface area contributed by atoms with Gasteiger partial charge in [-0.05, 0) is 49.8 Å². The molecule has 1 aromatic heterocycles. The fourth-order valence-corrected chi connectivity index (χ4v) is 3.55. The zero-order valence-electron chi connectivity index (χ0n) is 13.9. The van der Waals surface area contributed by atoms with E-state index in [0.717, 1.165) is 42.1 Å². The molecule has 1 aromatic carbocycles. The maximum atomic E-state index is 12.3. The third kappa shape index (κ3) is 3.46. The topological polar surface area (TPSA) is 62.0 Å². The highest BCUT2D eigenvalue weighted by atomic mass is 16.2. The van der Waals surface area contributed by atoms with Gasteiger partial charge in [-0.25, -0.2) is 0 Å². The van der Waals surface area contributed by atoms with E-state index in [1.165, 1.54) is 12.0 Å². The van der Waals surface area contributed by atoms with Crippen LogP contribution < -0.4 is 10.9 Å². The Morgan fingerprint density at radius 1 is 1.17 bits per heavy atom. The van der Waals surface area contributed by atoms with Crippen LogP contribution in [0, 0.1) is 19.8 Å². The second kappa shape index (κ2) is 6.57. The largest absolute Gasteiger partial charge is 0.352 e. The van der Waals surface area contributed by atoms with Crippen molar-refractivity contribution in [3.05, 3.63) is 45.2 Å². The molecule has 0 bridgehead atoms. The van der Waals surface area contributed by atoms with E-state index in [9.17, 15) is 9.59 Å². The molecule has 23 heavy (non-hydrogen) atoms. The Hall–Kier alpha value is -2.10. The molecule has 1 amide bonds. The zero-order valence-corrected chi connectivity index (χ0v) is 13.9. The smallest absolute Gasteiger partial charge is 0.253 e. The number of pyridine rings is 1. The van der Waals surface area contributed by atoms with Gasteiger partial charge in [-0.15, -0.1) is 0 Å². The number of aromatic nitrogens is 1. The van der Waals surface area contributed by atoms with Gasteiger partial charge >= 0.3 is 0 Å². The van der Waals surface area contributed by atoms with Crippen molar-refractivity contribution in [3.8, 4) is 0 Å². The molecule has 0 aliphatic heterocycles. The molecule has 1 aliphatic rings. The van der Waals surface area contributed by atoms with Crippen molar-refractivity contribution in [2.75, 3.05) is 0 Å². The summed E-state index contributed by atoms with van der Waals surface area (Å²) in [6, 6.07) is 6.02. The Balaban J connectivity index is 1.78. The van der Waals surface area contributed by atoms with E-state index >= 15 is 0 Å². The van der Waals surface area contributed by atoms with Crippen LogP contribution in [0.2, 0.25) is 0 Å². The first kappa shape index (κ1) is 15.8. The van der Waals surface area contributed by atoms with Crippen molar-refractivity contribution in [2.45, 2.75) is 52.5 Å². The molecular weight excluding hydrogens is 288 g/mol. The maximum Gasteiger partial charge on any atom is 0.253 e. The summed E-state index contributed by atoms with van der Waals surface area (Å²) < 4.78 is 0. The minimum atomic E-state index is -0.117. The average molecular weight is 312 g/mol. The summed E-state index contributed by atoms with van der Waals surface area (Å²) in [5, 5.41) is 3.96. The average Bonchev–Trinajstić information content (AvgIpc) is 2.54. The van der Waals surface area contributed by atoms with Crippen molar-refractivity contribution >= 4 is 16.8 Å². The molecule has 122 valence electrons. The summed E-state index contributed by atoms with van der Waals surface area (Å²) in [5.41, 5.74) is 3.61. The Bertz CT molecular complexity index is 786. The van der Waals surface area contributed by atoms with Gasteiger partial charge < -0.3 is 10.3 Å². The third-order valence-corrected chi connectivity index (χ3v) is 4.80. The molecule has 3 rings (SSSR count). The lowest BCUT2D eigenvalue weighted by atomic mass is 9.88. The van der Waals surface area contributed by atoms with Crippen molar-refractivity contribution in [3.63, 3.8) is 0 Å². The van der Waals surface area contributed by atoms with Crippen LogP contribution in [0.3, 0.4) is 0 Å². The summed E-state index contributed by atoms with van der Waals surface area (Å²) in [6.07, 6.45) is 5.43. The predicted molar refractivity (Wildman–Crippen MR) is 92.5 cm³/mol.